The summed E-state index contributed by atoms with van der Waals surface area (Å²) in [5.41, 5.74) is 3.48. The highest BCUT2D eigenvalue weighted by Crippen LogP contribution is 2.19. The lowest BCUT2D eigenvalue weighted by molar-refractivity contribution is 0.00885. The predicted molar refractivity (Wildman–Crippen MR) is 76.1 cm³/mol. The van der Waals surface area contributed by atoms with E-state index in [1.807, 2.05) is 0 Å². The molecule has 0 aromatic heterocycles. The fourth-order valence-corrected chi connectivity index (χ4v) is 2.44. The first kappa shape index (κ1) is 16.9. The molecule has 0 amide bonds. The first-order chi connectivity index (χ1) is 9.25. The Balaban J connectivity index is 1.92. The highest BCUT2D eigenvalue weighted by molar-refractivity contribution is 4.76. The molecular weight excluding hydrogens is 244 g/mol. The molecule has 2 atom stereocenters. The zero-order valence-electron chi connectivity index (χ0n) is 12.7. The molecule has 1 aliphatic rings. The third-order valence-corrected chi connectivity index (χ3v) is 3.54. The van der Waals surface area contributed by atoms with Crippen LogP contribution >= 0.6 is 0 Å². The first-order valence-corrected chi connectivity index (χ1v) is 7.42. The molecule has 1 rings (SSSR count). The van der Waals surface area contributed by atoms with E-state index in [4.69, 9.17) is 14.2 Å². The fraction of sp³-hybridized carbons (Fsp3) is 1.00. The lowest BCUT2D eigenvalue weighted by atomic mass is 10.00. The van der Waals surface area contributed by atoms with Crippen LogP contribution in [0.2, 0.25) is 0 Å². The fourth-order valence-electron chi connectivity index (χ4n) is 2.44. The minimum absolute atomic E-state index is 0.626. The number of rotatable bonds is 10. The lowest BCUT2D eigenvalue weighted by Crippen LogP contribution is -2.52. The number of piperidine rings is 1. The molecule has 0 saturated carbocycles. The summed E-state index contributed by atoms with van der Waals surface area (Å²) in [6.07, 6.45) is 3.91. The van der Waals surface area contributed by atoms with Gasteiger partial charge in [-0.2, -0.15) is 0 Å². The Morgan fingerprint density at radius 2 is 1.53 bits per heavy atom. The van der Waals surface area contributed by atoms with Gasteiger partial charge in [0, 0.05) is 25.7 Å². The normalized spacial score (nSPS) is 24.8. The van der Waals surface area contributed by atoms with Crippen LogP contribution in [0.5, 0.6) is 0 Å². The van der Waals surface area contributed by atoms with Gasteiger partial charge in [0.05, 0.1) is 33.0 Å². The standard InChI is InChI=1S/C14H30N2O3/c1-13-5-4-6-14(2)16(13)15-7-8-18-11-12-19-10-9-17-3/h13-15H,4-12H2,1-3H3. The van der Waals surface area contributed by atoms with Crippen molar-refractivity contribution in [1.82, 2.24) is 10.4 Å². The molecule has 5 nitrogen and oxygen atoms in total. The van der Waals surface area contributed by atoms with E-state index >= 15 is 0 Å². The summed E-state index contributed by atoms with van der Waals surface area (Å²) in [5, 5.41) is 2.38. The van der Waals surface area contributed by atoms with Gasteiger partial charge in [-0.15, -0.1) is 0 Å². The van der Waals surface area contributed by atoms with Crippen LogP contribution < -0.4 is 5.43 Å². The molecule has 1 fully saturated rings. The average Bonchev–Trinajstić information content (AvgIpc) is 2.40. The van der Waals surface area contributed by atoms with Crippen LogP contribution in [0.4, 0.5) is 0 Å². The Kier molecular flexibility index (Phi) is 9.38. The predicted octanol–water partition coefficient (Wildman–Crippen LogP) is 1.43. The molecule has 0 aliphatic carbocycles. The number of hydrazine groups is 1. The molecule has 1 N–H and O–H groups in total. The maximum absolute atomic E-state index is 5.52. The molecule has 5 heteroatoms. The van der Waals surface area contributed by atoms with Crippen molar-refractivity contribution >= 4 is 0 Å². The summed E-state index contributed by atoms with van der Waals surface area (Å²) in [5.74, 6) is 0. The topological polar surface area (TPSA) is 43.0 Å². The number of nitrogens with zero attached hydrogens (tertiary/aromatic N) is 1. The van der Waals surface area contributed by atoms with Gasteiger partial charge in [-0.3, -0.25) is 5.43 Å². The van der Waals surface area contributed by atoms with E-state index in [1.165, 1.54) is 19.3 Å². The molecule has 0 aromatic rings. The number of hydrogen-bond donors (Lipinski definition) is 1. The number of ether oxygens (including phenoxy) is 3. The Morgan fingerprint density at radius 1 is 0.947 bits per heavy atom. The zero-order valence-corrected chi connectivity index (χ0v) is 12.7. The van der Waals surface area contributed by atoms with Crippen LogP contribution in [0, 0.1) is 0 Å². The Morgan fingerprint density at radius 3 is 2.16 bits per heavy atom. The zero-order chi connectivity index (χ0) is 13.9. The summed E-state index contributed by atoms with van der Waals surface area (Å²) >= 11 is 0. The van der Waals surface area contributed by atoms with Gasteiger partial charge in [0.25, 0.3) is 0 Å². The molecule has 0 radical (unpaired) electrons. The van der Waals surface area contributed by atoms with Crippen molar-refractivity contribution in [2.45, 2.75) is 45.2 Å². The van der Waals surface area contributed by atoms with Crippen LogP contribution in [-0.2, 0) is 14.2 Å². The van der Waals surface area contributed by atoms with Crippen molar-refractivity contribution in [2.75, 3.05) is 46.7 Å². The maximum Gasteiger partial charge on any atom is 0.0701 e. The van der Waals surface area contributed by atoms with Crippen molar-refractivity contribution in [3.05, 3.63) is 0 Å². The van der Waals surface area contributed by atoms with Gasteiger partial charge in [-0.05, 0) is 26.7 Å². The molecule has 0 bridgehead atoms. The Bertz CT molecular complexity index is 207. The summed E-state index contributed by atoms with van der Waals surface area (Å²) in [6, 6.07) is 1.25. The molecule has 1 saturated heterocycles. The van der Waals surface area contributed by atoms with Crippen LogP contribution in [0.3, 0.4) is 0 Å². The summed E-state index contributed by atoms with van der Waals surface area (Å²) < 4.78 is 15.7. The van der Waals surface area contributed by atoms with Crippen molar-refractivity contribution in [3.63, 3.8) is 0 Å². The number of hydrogen-bond acceptors (Lipinski definition) is 5. The van der Waals surface area contributed by atoms with E-state index in [-0.39, 0.29) is 0 Å². The van der Waals surface area contributed by atoms with Gasteiger partial charge < -0.3 is 14.2 Å². The molecule has 0 spiro atoms. The second-order valence-corrected chi connectivity index (χ2v) is 5.16. The first-order valence-electron chi connectivity index (χ1n) is 7.42. The highest BCUT2D eigenvalue weighted by atomic mass is 16.5. The molecular formula is C14H30N2O3. The Hall–Kier alpha value is -0.200. The SMILES string of the molecule is COCCOCCOCCNN1C(C)CCCC1C. The van der Waals surface area contributed by atoms with E-state index in [2.05, 4.69) is 24.3 Å². The van der Waals surface area contributed by atoms with Crippen LogP contribution in [0.1, 0.15) is 33.1 Å². The molecule has 0 aromatic carbocycles. The highest BCUT2D eigenvalue weighted by Gasteiger charge is 2.23. The molecule has 1 heterocycles. The van der Waals surface area contributed by atoms with Gasteiger partial charge in [0.2, 0.25) is 0 Å². The molecule has 19 heavy (non-hydrogen) atoms. The largest absolute Gasteiger partial charge is 0.382 e. The van der Waals surface area contributed by atoms with Gasteiger partial charge in [-0.25, -0.2) is 5.01 Å². The molecule has 114 valence electrons. The molecule has 1 aliphatic heterocycles. The van der Waals surface area contributed by atoms with Crippen molar-refractivity contribution in [1.29, 1.82) is 0 Å². The maximum atomic E-state index is 5.52. The van der Waals surface area contributed by atoms with E-state index in [0.29, 0.717) is 38.5 Å². The summed E-state index contributed by atoms with van der Waals surface area (Å²) in [4.78, 5) is 0. The second kappa shape index (κ2) is 10.6. The van der Waals surface area contributed by atoms with Crippen molar-refractivity contribution in [3.8, 4) is 0 Å². The third kappa shape index (κ3) is 7.22. The van der Waals surface area contributed by atoms with Crippen LogP contribution in [0.15, 0.2) is 0 Å². The van der Waals surface area contributed by atoms with Crippen molar-refractivity contribution < 1.29 is 14.2 Å². The average molecular weight is 274 g/mol. The smallest absolute Gasteiger partial charge is 0.0701 e. The van der Waals surface area contributed by atoms with E-state index < -0.39 is 0 Å². The monoisotopic (exact) mass is 274 g/mol. The van der Waals surface area contributed by atoms with E-state index in [9.17, 15) is 0 Å². The van der Waals surface area contributed by atoms with E-state index in [1.54, 1.807) is 7.11 Å². The van der Waals surface area contributed by atoms with Crippen molar-refractivity contribution in [2.24, 2.45) is 0 Å². The minimum atomic E-state index is 0.626. The minimum Gasteiger partial charge on any atom is -0.382 e. The van der Waals surface area contributed by atoms with Gasteiger partial charge in [-0.1, -0.05) is 6.42 Å². The quantitative estimate of drug-likeness (QED) is 0.611. The second-order valence-electron chi connectivity index (χ2n) is 5.16. The van der Waals surface area contributed by atoms with Crippen LogP contribution in [-0.4, -0.2) is 63.8 Å². The Labute approximate surface area is 117 Å². The van der Waals surface area contributed by atoms with Gasteiger partial charge in [0.15, 0.2) is 0 Å². The van der Waals surface area contributed by atoms with E-state index in [0.717, 1.165) is 13.2 Å². The lowest BCUT2D eigenvalue weighted by Gasteiger charge is -2.39. The number of nitrogens with one attached hydrogen (secondary N) is 1. The summed E-state index contributed by atoms with van der Waals surface area (Å²) in [7, 11) is 1.67. The molecule has 2 unspecified atom stereocenters. The third-order valence-electron chi connectivity index (χ3n) is 3.54. The number of methoxy groups -OCH3 is 1. The van der Waals surface area contributed by atoms with Gasteiger partial charge in [0.1, 0.15) is 0 Å². The summed E-state index contributed by atoms with van der Waals surface area (Å²) in [6.45, 7) is 8.74. The van der Waals surface area contributed by atoms with Crippen LogP contribution in [0.25, 0.3) is 0 Å². The van der Waals surface area contributed by atoms with Gasteiger partial charge >= 0.3 is 0 Å².